The number of fused-ring (bicyclic) bond motifs is 1. The van der Waals surface area contributed by atoms with Crippen LogP contribution in [0.3, 0.4) is 0 Å². The number of aryl methyl sites for hydroxylation is 1. The van der Waals surface area contributed by atoms with Crippen LogP contribution in [0.2, 0.25) is 0 Å². The summed E-state index contributed by atoms with van der Waals surface area (Å²) in [5.74, 6) is 1.08. The molecule has 0 atom stereocenters. The minimum absolute atomic E-state index is 1.08. The van der Waals surface area contributed by atoms with E-state index in [-0.39, 0.29) is 0 Å². The monoisotopic (exact) mass is 191 g/mol. The molecule has 0 spiro atoms. The van der Waals surface area contributed by atoms with E-state index in [1.807, 2.05) is 25.8 Å². The van der Waals surface area contributed by atoms with E-state index in [0.717, 1.165) is 12.2 Å². The first kappa shape index (κ1) is 9.31. The van der Waals surface area contributed by atoms with Crippen LogP contribution in [0.1, 0.15) is 24.6 Å². The molecule has 14 heavy (non-hydrogen) atoms. The van der Waals surface area contributed by atoms with Gasteiger partial charge in [0.05, 0.1) is 0 Å². The molecular formula is C11H17N3. The van der Waals surface area contributed by atoms with Crippen molar-refractivity contribution in [3.8, 4) is 0 Å². The van der Waals surface area contributed by atoms with Crippen LogP contribution in [0, 0.1) is 0 Å². The zero-order valence-corrected chi connectivity index (χ0v) is 9.33. The molecule has 0 radical (unpaired) electrons. The number of anilines is 1. The molecule has 0 bridgehead atoms. The Morgan fingerprint density at radius 1 is 1.36 bits per heavy atom. The second-order valence-electron chi connectivity index (χ2n) is 4.19. The minimum Gasteiger partial charge on any atom is -0.361 e. The molecule has 1 aromatic rings. The van der Waals surface area contributed by atoms with Gasteiger partial charge in [-0.15, -0.1) is 0 Å². The molecule has 1 aliphatic carbocycles. The Labute approximate surface area is 85.0 Å². The maximum Gasteiger partial charge on any atom is 0.157 e. The van der Waals surface area contributed by atoms with E-state index in [4.69, 9.17) is 0 Å². The van der Waals surface area contributed by atoms with Gasteiger partial charge in [-0.3, -0.25) is 4.68 Å². The Bertz CT molecular complexity index is 385. The summed E-state index contributed by atoms with van der Waals surface area (Å²) in [6, 6.07) is 0. The molecule has 2 rings (SSSR count). The standard InChI is InChI=1S/C11H17N3/c1-8-5-6-10-9(7-8)11(13(2)3)12-14(10)4/h7H,5-6H2,1-4H3. The van der Waals surface area contributed by atoms with Gasteiger partial charge in [0.15, 0.2) is 5.82 Å². The molecule has 0 unspecified atom stereocenters. The SMILES string of the molecule is CC1=Cc2c(N(C)C)nn(C)c2CC1. The average Bonchev–Trinajstić information content (AvgIpc) is 2.43. The van der Waals surface area contributed by atoms with E-state index >= 15 is 0 Å². The van der Waals surface area contributed by atoms with Crippen LogP contribution >= 0.6 is 0 Å². The fourth-order valence-corrected chi connectivity index (χ4v) is 1.97. The fraction of sp³-hybridized carbons (Fsp3) is 0.545. The highest BCUT2D eigenvalue weighted by atomic mass is 15.3. The maximum atomic E-state index is 4.52. The van der Waals surface area contributed by atoms with Crippen molar-refractivity contribution in [2.24, 2.45) is 7.05 Å². The van der Waals surface area contributed by atoms with E-state index in [1.165, 1.54) is 23.3 Å². The third-order valence-corrected chi connectivity index (χ3v) is 2.76. The van der Waals surface area contributed by atoms with Crippen molar-refractivity contribution < 1.29 is 0 Å². The molecule has 3 heteroatoms. The molecule has 3 nitrogen and oxygen atoms in total. The molecule has 0 amide bonds. The van der Waals surface area contributed by atoms with Crippen LogP contribution in [0.4, 0.5) is 5.82 Å². The van der Waals surface area contributed by atoms with Gasteiger partial charge in [0.2, 0.25) is 0 Å². The van der Waals surface area contributed by atoms with Crippen LogP contribution in [0.5, 0.6) is 0 Å². The summed E-state index contributed by atoms with van der Waals surface area (Å²) in [5.41, 5.74) is 4.12. The van der Waals surface area contributed by atoms with E-state index in [1.54, 1.807) is 0 Å². The zero-order chi connectivity index (χ0) is 10.3. The van der Waals surface area contributed by atoms with E-state index in [0.29, 0.717) is 0 Å². The Balaban J connectivity index is 2.57. The lowest BCUT2D eigenvalue weighted by Crippen LogP contribution is -2.11. The van der Waals surface area contributed by atoms with E-state index in [2.05, 4.69) is 23.0 Å². The molecule has 0 saturated heterocycles. The molecule has 0 aromatic carbocycles. The lowest BCUT2D eigenvalue weighted by Gasteiger charge is -2.13. The first-order chi connectivity index (χ1) is 6.59. The highest BCUT2D eigenvalue weighted by Crippen LogP contribution is 2.29. The van der Waals surface area contributed by atoms with Crippen LogP contribution in [0.15, 0.2) is 5.57 Å². The lowest BCUT2D eigenvalue weighted by atomic mass is 9.98. The second kappa shape index (κ2) is 3.15. The molecule has 1 heterocycles. The van der Waals surface area contributed by atoms with E-state index in [9.17, 15) is 0 Å². The lowest BCUT2D eigenvalue weighted by molar-refractivity contribution is 0.697. The Hall–Kier alpha value is -1.25. The number of nitrogens with zero attached hydrogens (tertiary/aromatic N) is 3. The first-order valence-corrected chi connectivity index (χ1v) is 5.00. The Kier molecular flexibility index (Phi) is 2.10. The van der Waals surface area contributed by atoms with Crippen molar-refractivity contribution in [2.75, 3.05) is 19.0 Å². The van der Waals surface area contributed by atoms with Gasteiger partial charge in [-0.05, 0) is 19.8 Å². The summed E-state index contributed by atoms with van der Waals surface area (Å²) in [4.78, 5) is 2.08. The van der Waals surface area contributed by atoms with Gasteiger partial charge in [-0.1, -0.05) is 11.6 Å². The van der Waals surface area contributed by atoms with Gasteiger partial charge in [0, 0.05) is 32.4 Å². The minimum atomic E-state index is 1.08. The predicted octanol–water partition coefficient (Wildman–Crippen LogP) is 1.84. The predicted molar refractivity (Wildman–Crippen MR) is 59.5 cm³/mol. The molecular weight excluding hydrogens is 174 g/mol. The summed E-state index contributed by atoms with van der Waals surface area (Å²) in [7, 11) is 6.11. The maximum absolute atomic E-state index is 4.52. The van der Waals surface area contributed by atoms with E-state index < -0.39 is 0 Å². The molecule has 1 aliphatic rings. The normalized spacial score (nSPS) is 15.0. The third kappa shape index (κ3) is 1.33. The van der Waals surface area contributed by atoms with Gasteiger partial charge in [0.25, 0.3) is 0 Å². The average molecular weight is 191 g/mol. The van der Waals surface area contributed by atoms with Crippen LogP contribution in [-0.2, 0) is 13.5 Å². The summed E-state index contributed by atoms with van der Waals surface area (Å²) in [6.45, 7) is 2.19. The Morgan fingerprint density at radius 2 is 2.07 bits per heavy atom. The van der Waals surface area contributed by atoms with Gasteiger partial charge in [-0.2, -0.15) is 5.10 Å². The highest BCUT2D eigenvalue weighted by molar-refractivity contribution is 5.69. The zero-order valence-electron chi connectivity index (χ0n) is 9.33. The van der Waals surface area contributed by atoms with Crippen molar-refractivity contribution in [1.29, 1.82) is 0 Å². The highest BCUT2D eigenvalue weighted by Gasteiger charge is 2.18. The van der Waals surface area contributed by atoms with Crippen molar-refractivity contribution in [3.63, 3.8) is 0 Å². The number of hydrogen-bond acceptors (Lipinski definition) is 2. The Morgan fingerprint density at radius 3 is 2.71 bits per heavy atom. The quantitative estimate of drug-likeness (QED) is 0.675. The first-order valence-electron chi connectivity index (χ1n) is 5.00. The van der Waals surface area contributed by atoms with Gasteiger partial charge in [-0.25, -0.2) is 0 Å². The summed E-state index contributed by atoms with van der Waals surface area (Å²) >= 11 is 0. The topological polar surface area (TPSA) is 21.1 Å². The van der Waals surface area contributed by atoms with Crippen LogP contribution in [0.25, 0.3) is 6.08 Å². The molecule has 0 aliphatic heterocycles. The molecule has 0 fully saturated rings. The third-order valence-electron chi connectivity index (χ3n) is 2.76. The molecule has 1 aromatic heterocycles. The molecule has 0 N–H and O–H groups in total. The number of aromatic nitrogens is 2. The summed E-state index contributed by atoms with van der Waals surface area (Å²) < 4.78 is 2.01. The summed E-state index contributed by atoms with van der Waals surface area (Å²) in [6.07, 6.45) is 4.55. The van der Waals surface area contributed by atoms with Crippen LogP contribution < -0.4 is 4.90 Å². The molecule has 76 valence electrons. The van der Waals surface area contributed by atoms with Gasteiger partial charge >= 0.3 is 0 Å². The van der Waals surface area contributed by atoms with Crippen LogP contribution in [-0.4, -0.2) is 23.9 Å². The smallest absolute Gasteiger partial charge is 0.157 e. The van der Waals surface area contributed by atoms with Crippen molar-refractivity contribution in [2.45, 2.75) is 19.8 Å². The number of rotatable bonds is 1. The van der Waals surface area contributed by atoms with Gasteiger partial charge < -0.3 is 4.90 Å². The van der Waals surface area contributed by atoms with Crippen molar-refractivity contribution in [1.82, 2.24) is 9.78 Å². The number of allylic oxidation sites excluding steroid dienone is 1. The largest absolute Gasteiger partial charge is 0.361 e. The van der Waals surface area contributed by atoms with Crippen molar-refractivity contribution >= 4 is 11.9 Å². The fourth-order valence-electron chi connectivity index (χ4n) is 1.97. The van der Waals surface area contributed by atoms with Gasteiger partial charge in [0.1, 0.15) is 0 Å². The summed E-state index contributed by atoms with van der Waals surface area (Å²) in [5, 5.41) is 4.52. The van der Waals surface area contributed by atoms with Crippen molar-refractivity contribution in [3.05, 3.63) is 16.8 Å². The number of hydrogen-bond donors (Lipinski definition) is 0. The molecule has 0 saturated carbocycles. The second-order valence-corrected chi connectivity index (χ2v) is 4.19.